The van der Waals surface area contributed by atoms with Gasteiger partial charge in [0.1, 0.15) is 11.6 Å². The number of nitrogens with one attached hydrogen (secondary N) is 1. The molecule has 1 atom stereocenters. The second-order valence-electron chi connectivity index (χ2n) is 7.60. The molecular formula is C18H24N2O3. The molecule has 23 heavy (non-hydrogen) atoms. The Morgan fingerprint density at radius 1 is 1.13 bits per heavy atom. The molecule has 1 aromatic rings. The van der Waals surface area contributed by atoms with Gasteiger partial charge in [-0.15, -0.1) is 0 Å². The van der Waals surface area contributed by atoms with E-state index in [9.17, 15) is 14.4 Å². The van der Waals surface area contributed by atoms with Crippen LogP contribution in [-0.4, -0.2) is 34.2 Å². The molecular weight excluding hydrogens is 292 g/mol. The molecule has 0 spiro atoms. The lowest BCUT2D eigenvalue weighted by molar-refractivity contribution is -0.131. The highest BCUT2D eigenvalue weighted by molar-refractivity contribution is 6.12. The summed E-state index contributed by atoms with van der Waals surface area (Å²) in [5.74, 6) is -0.624. The summed E-state index contributed by atoms with van der Waals surface area (Å²) >= 11 is 0. The molecule has 0 unspecified atom stereocenters. The van der Waals surface area contributed by atoms with Crippen LogP contribution in [-0.2, 0) is 10.2 Å². The van der Waals surface area contributed by atoms with Crippen molar-refractivity contribution in [2.45, 2.75) is 58.5 Å². The number of amides is 3. The molecule has 0 radical (unpaired) electrons. The molecule has 124 valence electrons. The van der Waals surface area contributed by atoms with E-state index in [2.05, 4.69) is 26.1 Å². The molecule has 1 aliphatic heterocycles. The highest BCUT2D eigenvalue weighted by Crippen LogP contribution is 2.24. The molecule has 3 amide bonds. The fourth-order valence-corrected chi connectivity index (χ4v) is 2.62. The summed E-state index contributed by atoms with van der Waals surface area (Å²) < 4.78 is 0. The largest absolute Gasteiger partial charge is 0.325 e. The van der Waals surface area contributed by atoms with E-state index in [0.29, 0.717) is 5.56 Å². The van der Waals surface area contributed by atoms with Crippen LogP contribution in [0.4, 0.5) is 4.79 Å². The van der Waals surface area contributed by atoms with E-state index in [1.54, 1.807) is 32.9 Å². The Morgan fingerprint density at radius 3 is 2.04 bits per heavy atom. The smallest absolute Gasteiger partial charge is 0.324 e. The van der Waals surface area contributed by atoms with Crippen LogP contribution in [0.1, 0.15) is 57.5 Å². The Balaban J connectivity index is 2.24. The highest BCUT2D eigenvalue weighted by Gasteiger charge is 2.47. The third kappa shape index (κ3) is 3.14. The fourth-order valence-electron chi connectivity index (χ4n) is 2.62. The van der Waals surface area contributed by atoms with Gasteiger partial charge in [0, 0.05) is 5.56 Å². The molecule has 0 bridgehead atoms. The van der Waals surface area contributed by atoms with Crippen LogP contribution in [0.3, 0.4) is 0 Å². The lowest BCUT2D eigenvalue weighted by Gasteiger charge is -2.22. The van der Waals surface area contributed by atoms with Gasteiger partial charge in [0.25, 0.3) is 5.91 Å². The summed E-state index contributed by atoms with van der Waals surface area (Å²) in [6, 6.07) is 5.98. The lowest BCUT2D eigenvalue weighted by atomic mass is 9.86. The minimum Gasteiger partial charge on any atom is -0.324 e. The number of benzene rings is 1. The van der Waals surface area contributed by atoms with Crippen LogP contribution in [0.5, 0.6) is 0 Å². The number of imide groups is 1. The van der Waals surface area contributed by atoms with Crippen LogP contribution in [0, 0.1) is 0 Å². The van der Waals surface area contributed by atoms with Crippen LogP contribution in [0.25, 0.3) is 0 Å². The summed E-state index contributed by atoms with van der Waals surface area (Å²) in [5, 5.41) is 2.59. The summed E-state index contributed by atoms with van der Waals surface area (Å²) in [4.78, 5) is 37.9. The summed E-state index contributed by atoms with van der Waals surface area (Å²) in [6.45, 7) is 11.1. The molecule has 1 aliphatic rings. The van der Waals surface area contributed by atoms with Gasteiger partial charge in [-0.3, -0.25) is 14.5 Å². The lowest BCUT2D eigenvalue weighted by Crippen LogP contribution is -2.45. The maximum absolute atomic E-state index is 12.6. The van der Waals surface area contributed by atoms with Gasteiger partial charge in [0.05, 0.1) is 0 Å². The van der Waals surface area contributed by atoms with Crippen LogP contribution >= 0.6 is 0 Å². The number of carbonyl (C=O) groups is 3. The average molecular weight is 316 g/mol. The van der Waals surface area contributed by atoms with Crippen molar-refractivity contribution in [1.29, 1.82) is 0 Å². The van der Waals surface area contributed by atoms with E-state index >= 15 is 0 Å². The Morgan fingerprint density at radius 2 is 1.65 bits per heavy atom. The predicted octanol–water partition coefficient (Wildman–Crippen LogP) is 2.89. The standard InChI is InChI=1S/C18H24N2O3/c1-11(20-15(22)18(5,6)19-16(20)23)14(21)12-7-9-13(10-8-12)17(2,3)4/h7-11H,1-6H3,(H,19,23)/t11-/m1/s1. The zero-order valence-corrected chi connectivity index (χ0v) is 14.6. The first-order chi connectivity index (χ1) is 10.4. The zero-order valence-electron chi connectivity index (χ0n) is 14.6. The predicted molar refractivity (Wildman–Crippen MR) is 88.4 cm³/mol. The third-order valence-corrected chi connectivity index (χ3v) is 4.19. The minimum atomic E-state index is -0.971. The quantitative estimate of drug-likeness (QED) is 0.689. The maximum atomic E-state index is 12.6. The van der Waals surface area contributed by atoms with Gasteiger partial charge >= 0.3 is 6.03 Å². The normalized spacial score (nSPS) is 18.8. The molecule has 1 fully saturated rings. The first-order valence-corrected chi connectivity index (χ1v) is 7.76. The molecule has 0 aromatic heterocycles. The topological polar surface area (TPSA) is 66.5 Å². The number of carbonyl (C=O) groups excluding carboxylic acids is 3. The number of hydrogen-bond donors (Lipinski definition) is 1. The molecule has 5 nitrogen and oxygen atoms in total. The Hall–Kier alpha value is -2.17. The molecule has 1 aromatic carbocycles. The number of urea groups is 1. The minimum absolute atomic E-state index is 0.00201. The van der Waals surface area contributed by atoms with Gasteiger partial charge in [0.15, 0.2) is 5.78 Å². The second-order valence-corrected chi connectivity index (χ2v) is 7.60. The SMILES string of the molecule is C[C@H](C(=O)c1ccc(C(C)(C)C)cc1)N1C(=O)NC(C)(C)C1=O. The van der Waals surface area contributed by atoms with Crippen molar-refractivity contribution in [3.8, 4) is 0 Å². The van der Waals surface area contributed by atoms with Gasteiger partial charge in [-0.2, -0.15) is 0 Å². The number of ketones is 1. The van der Waals surface area contributed by atoms with Gasteiger partial charge in [-0.05, 0) is 31.7 Å². The van der Waals surface area contributed by atoms with Gasteiger partial charge in [-0.1, -0.05) is 45.0 Å². The Bertz CT molecular complexity index is 654. The van der Waals surface area contributed by atoms with Gasteiger partial charge in [0.2, 0.25) is 0 Å². The van der Waals surface area contributed by atoms with E-state index < -0.39 is 17.6 Å². The number of nitrogens with zero attached hydrogens (tertiary/aromatic N) is 1. The zero-order chi connectivity index (χ0) is 17.6. The van der Waals surface area contributed by atoms with Crippen molar-refractivity contribution < 1.29 is 14.4 Å². The van der Waals surface area contributed by atoms with E-state index in [0.717, 1.165) is 10.5 Å². The molecule has 1 N–H and O–H groups in total. The van der Waals surface area contributed by atoms with E-state index in [-0.39, 0.29) is 17.1 Å². The summed E-state index contributed by atoms with van der Waals surface area (Å²) in [5.41, 5.74) is 0.651. The summed E-state index contributed by atoms with van der Waals surface area (Å²) in [6.07, 6.45) is 0. The second kappa shape index (κ2) is 5.48. The third-order valence-electron chi connectivity index (χ3n) is 4.19. The van der Waals surface area contributed by atoms with Crippen molar-refractivity contribution in [3.63, 3.8) is 0 Å². The van der Waals surface area contributed by atoms with E-state index in [1.807, 2.05) is 12.1 Å². The van der Waals surface area contributed by atoms with Crippen molar-refractivity contribution in [1.82, 2.24) is 10.2 Å². The molecule has 1 saturated heterocycles. The van der Waals surface area contributed by atoms with Crippen molar-refractivity contribution in [2.24, 2.45) is 0 Å². The Labute approximate surface area is 137 Å². The highest BCUT2D eigenvalue weighted by atomic mass is 16.2. The number of Topliss-reactive ketones (excluding diaryl/α,β-unsaturated/α-hetero) is 1. The number of hydrogen-bond acceptors (Lipinski definition) is 3. The monoisotopic (exact) mass is 316 g/mol. The van der Waals surface area contributed by atoms with Gasteiger partial charge in [-0.25, -0.2) is 4.79 Å². The molecule has 1 heterocycles. The van der Waals surface area contributed by atoms with Crippen molar-refractivity contribution in [3.05, 3.63) is 35.4 Å². The van der Waals surface area contributed by atoms with Crippen LogP contribution in [0.15, 0.2) is 24.3 Å². The van der Waals surface area contributed by atoms with Crippen LogP contribution < -0.4 is 5.32 Å². The van der Waals surface area contributed by atoms with Crippen molar-refractivity contribution >= 4 is 17.7 Å². The van der Waals surface area contributed by atoms with E-state index in [1.165, 1.54) is 0 Å². The first kappa shape index (κ1) is 17.2. The van der Waals surface area contributed by atoms with Crippen LogP contribution in [0.2, 0.25) is 0 Å². The Kier molecular flexibility index (Phi) is 4.09. The number of rotatable bonds is 3. The molecule has 0 saturated carbocycles. The first-order valence-electron chi connectivity index (χ1n) is 7.76. The van der Waals surface area contributed by atoms with E-state index in [4.69, 9.17) is 0 Å². The summed E-state index contributed by atoms with van der Waals surface area (Å²) in [7, 11) is 0. The van der Waals surface area contributed by atoms with Crippen molar-refractivity contribution in [2.75, 3.05) is 0 Å². The fraction of sp³-hybridized carbons (Fsp3) is 0.500. The molecule has 2 rings (SSSR count). The maximum Gasteiger partial charge on any atom is 0.325 e. The van der Waals surface area contributed by atoms with Gasteiger partial charge < -0.3 is 5.32 Å². The average Bonchev–Trinajstić information content (AvgIpc) is 2.65. The molecule has 0 aliphatic carbocycles. The molecule has 5 heteroatoms.